The molecule has 1 atom stereocenters. The molecule has 108 valence electrons. The maximum atomic E-state index is 13.9. The van der Waals surface area contributed by atoms with E-state index in [0.29, 0.717) is 22.6 Å². The number of aliphatic hydroxyl groups is 1. The molecule has 0 saturated carbocycles. The average molecular weight is 287 g/mol. The van der Waals surface area contributed by atoms with Crippen LogP contribution >= 0.6 is 0 Å². The van der Waals surface area contributed by atoms with Gasteiger partial charge in [-0.2, -0.15) is 5.26 Å². The van der Waals surface area contributed by atoms with E-state index in [-0.39, 0.29) is 5.75 Å². The first-order valence-electron chi connectivity index (χ1n) is 6.28. The number of hydrogen-bond acceptors (Lipinski definition) is 4. The lowest BCUT2D eigenvalue weighted by Crippen LogP contribution is -1.96. The highest BCUT2D eigenvalue weighted by atomic mass is 19.1. The Bertz CT molecular complexity index is 692. The molecule has 0 amide bonds. The van der Waals surface area contributed by atoms with E-state index in [0.717, 1.165) is 0 Å². The number of methoxy groups -OCH3 is 1. The zero-order chi connectivity index (χ0) is 15.4. The number of benzene rings is 2. The summed E-state index contributed by atoms with van der Waals surface area (Å²) < 4.78 is 24.5. The highest BCUT2D eigenvalue weighted by Gasteiger charge is 2.12. The van der Waals surface area contributed by atoms with Crippen molar-refractivity contribution >= 4 is 0 Å². The monoisotopic (exact) mass is 287 g/mol. The number of rotatable bonds is 4. The van der Waals surface area contributed by atoms with Crippen molar-refractivity contribution in [1.82, 2.24) is 0 Å². The molecule has 1 N–H and O–H groups in total. The second-order valence-corrected chi connectivity index (χ2v) is 4.45. The van der Waals surface area contributed by atoms with Crippen molar-refractivity contribution in [2.75, 3.05) is 7.11 Å². The second kappa shape index (κ2) is 6.25. The standard InChI is InChI=1S/C16H14FNO3/c1-10(19)12-4-6-14(13(17)8-12)21-15-5-3-11(9-18)7-16(15)20-2/h3-8,10,19H,1-2H3/t10-/m1/s1. The summed E-state index contributed by atoms with van der Waals surface area (Å²) in [6.45, 7) is 1.55. The van der Waals surface area contributed by atoms with Gasteiger partial charge in [0.2, 0.25) is 0 Å². The number of halogens is 1. The fourth-order valence-electron chi connectivity index (χ4n) is 1.80. The number of hydrogen-bond donors (Lipinski definition) is 1. The van der Waals surface area contributed by atoms with Gasteiger partial charge in [0, 0.05) is 6.07 Å². The predicted octanol–water partition coefficient (Wildman–Crippen LogP) is 3.55. The van der Waals surface area contributed by atoms with E-state index < -0.39 is 11.9 Å². The second-order valence-electron chi connectivity index (χ2n) is 4.45. The van der Waals surface area contributed by atoms with Crippen molar-refractivity contribution in [1.29, 1.82) is 5.26 Å². The van der Waals surface area contributed by atoms with Crippen molar-refractivity contribution in [2.45, 2.75) is 13.0 Å². The molecule has 0 unspecified atom stereocenters. The lowest BCUT2D eigenvalue weighted by molar-refractivity contribution is 0.198. The number of nitriles is 1. The fourth-order valence-corrected chi connectivity index (χ4v) is 1.80. The summed E-state index contributed by atoms with van der Waals surface area (Å²) in [5.41, 5.74) is 0.885. The molecule has 0 spiro atoms. The third-order valence-corrected chi connectivity index (χ3v) is 2.95. The van der Waals surface area contributed by atoms with Crippen LogP contribution in [0.25, 0.3) is 0 Å². The van der Waals surface area contributed by atoms with Crippen LogP contribution in [0.2, 0.25) is 0 Å². The summed E-state index contributed by atoms with van der Waals surface area (Å²) in [5.74, 6) is 0.0791. The molecular weight excluding hydrogens is 273 g/mol. The molecule has 0 aromatic heterocycles. The predicted molar refractivity (Wildman–Crippen MR) is 74.8 cm³/mol. The molecule has 0 radical (unpaired) electrons. The lowest BCUT2D eigenvalue weighted by atomic mass is 10.1. The third-order valence-electron chi connectivity index (χ3n) is 2.95. The molecule has 0 fully saturated rings. The van der Waals surface area contributed by atoms with E-state index >= 15 is 0 Å². The molecule has 0 aliphatic rings. The smallest absolute Gasteiger partial charge is 0.169 e. The van der Waals surface area contributed by atoms with Crippen LogP contribution in [0.1, 0.15) is 24.2 Å². The molecule has 5 heteroatoms. The zero-order valence-electron chi connectivity index (χ0n) is 11.6. The van der Waals surface area contributed by atoms with Gasteiger partial charge in [-0.1, -0.05) is 6.07 Å². The van der Waals surface area contributed by atoms with Crippen LogP contribution in [-0.4, -0.2) is 12.2 Å². The molecular formula is C16H14FNO3. The minimum absolute atomic E-state index is 0.0161. The number of nitrogens with zero attached hydrogens (tertiary/aromatic N) is 1. The first-order valence-corrected chi connectivity index (χ1v) is 6.28. The molecule has 0 bridgehead atoms. The van der Waals surface area contributed by atoms with Gasteiger partial charge in [-0.05, 0) is 36.8 Å². The van der Waals surface area contributed by atoms with Crippen LogP contribution in [0.4, 0.5) is 4.39 Å². The Morgan fingerprint density at radius 3 is 2.43 bits per heavy atom. The van der Waals surface area contributed by atoms with Gasteiger partial charge < -0.3 is 14.6 Å². The summed E-state index contributed by atoms with van der Waals surface area (Å²) in [6, 6.07) is 10.8. The molecule has 21 heavy (non-hydrogen) atoms. The molecule has 0 heterocycles. The van der Waals surface area contributed by atoms with Gasteiger partial charge in [0.05, 0.1) is 24.8 Å². The van der Waals surface area contributed by atoms with Crippen LogP contribution in [0.5, 0.6) is 17.2 Å². The Morgan fingerprint density at radius 2 is 1.86 bits per heavy atom. The molecule has 2 aromatic rings. The fraction of sp³-hybridized carbons (Fsp3) is 0.188. The summed E-state index contributed by atoms with van der Waals surface area (Å²) in [6.07, 6.45) is -0.752. The Morgan fingerprint density at radius 1 is 1.14 bits per heavy atom. The van der Waals surface area contributed by atoms with E-state index in [4.69, 9.17) is 14.7 Å². The molecule has 0 aliphatic carbocycles. The van der Waals surface area contributed by atoms with E-state index in [1.54, 1.807) is 25.1 Å². The Balaban J connectivity index is 2.32. The van der Waals surface area contributed by atoms with Crippen LogP contribution < -0.4 is 9.47 Å². The van der Waals surface area contributed by atoms with Crippen molar-refractivity contribution in [3.8, 4) is 23.3 Å². The summed E-state index contributed by atoms with van der Waals surface area (Å²) in [7, 11) is 1.44. The van der Waals surface area contributed by atoms with Gasteiger partial charge in [0.25, 0.3) is 0 Å². The topological polar surface area (TPSA) is 62.5 Å². The summed E-state index contributed by atoms with van der Waals surface area (Å²) >= 11 is 0. The Kier molecular flexibility index (Phi) is 4.41. The van der Waals surface area contributed by atoms with Crippen molar-refractivity contribution in [3.63, 3.8) is 0 Å². The maximum Gasteiger partial charge on any atom is 0.169 e. The lowest BCUT2D eigenvalue weighted by Gasteiger charge is -2.12. The van der Waals surface area contributed by atoms with Crippen LogP contribution in [0.15, 0.2) is 36.4 Å². The maximum absolute atomic E-state index is 13.9. The van der Waals surface area contributed by atoms with Gasteiger partial charge in [0.15, 0.2) is 23.1 Å². The molecule has 2 rings (SSSR count). The minimum atomic E-state index is -0.752. The Labute approximate surface area is 122 Å². The van der Waals surface area contributed by atoms with E-state index in [1.807, 2.05) is 6.07 Å². The molecule has 0 saturated heterocycles. The molecule has 2 aromatic carbocycles. The van der Waals surface area contributed by atoms with E-state index in [2.05, 4.69) is 0 Å². The number of aliphatic hydroxyl groups excluding tert-OH is 1. The summed E-state index contributed by atoms with van der Waals surface area (Å²) in [4.78, 5) is 0. The largest absolute Gasteiger partial charge is 0.493 e. The van der Waals surface area contributed by atoms with Crippen molar-refractivity contribution in [2.24, 2.45) is 0 Å². The first kappa shape index (κ1) is 14.8. The SMILES string of the molecule is COc1cc(C#N)ccc1Oc1ccc([C@@H](C)O)cc1F. The van der Waals surface area contributed by atoms with Crippen LogP contribution in [-0.2, 0) is 0 Å². The third kappa shape index (κ3) is 3.30. The van der Waals surface area contributed by atoms with Gasteiger partial charge in [-0.15, -0.1) is 0 Å². The van der Waals surface area contributed by atoms with Crippen molar-refractivity contribution in [3.05, 3.63) is 53.3 Å². The molecule has 0 aliphatic heterocycles. The number of ether oxygens (including phenoxy) is 2. The first-order chi connectivity index (χ1) is 10.0. The normalized spacial score (nSPS) is 11.6. The van der Waals surface area contributed by atoms with E-state index in [1.165, 1.54) is 25.3 Å². The molecule has 4 nitrogen and oxygen atoms in total. The van der Waals surface area contributed by atoms with Gasteiger partial charge in [-0.25, -0.2) is 4.39 Å². The Hall–Kier alpha value is -2.58. The van der Waals surface area contributed by atoms with Crippen LogP contribution in [0.3, 0.4) is 0 Å². The van der Waals surface area contributed by atoms with Gasteiger partial charge >= 0.3 is 0 Å². The average Bonchev–Trinajstić information content (AvgIpc) is 2.49. The summed E-state index contributed by atoms with van der Waals surface area (Å²) in [5, 5.41) is 18.2. The van der Waals surface area contributed by atoms with E-state index in [9.17, 15) is 9.50 Å². The highest BCUT2D eigenvalue weighted by Crippen LogP contribution is 2.34. The van der Waals surface area contributed by atoms with Crippen LogP contribution in [0, 0.1) is 17.1 Å². The van der Waals surface area contributed by atoms with Gasteiger partial charge in [-0.3, -0.25) is 0 Å². The minimum Gasteiger partial charge on any atom is -0.493 e. The quantitative estimate of drug-likeness (QED) is 0.934. The zero-order valence-corrected chi connectivity index (χ0v) is 11.6. The van der Waals surface area contributed by atoms with Gasteiger partial charge in [0.1, 0.15) is 0 Å². The highest BCUT2D eigenvalue weighted by molar-refractivity contribution is 5.48. The van der Waals surface area contributed by atoms with Crippen molar-refractivity contribution < 1.29 is 19.0 Å².